The lowest BCUT2D eigenvalue weighted by Crippen LogP contribution is -2.10. The first-order valence-electron chi connectivity index (χ1n) is 7.73. The van der Waals surface area contributed by atoms with E-state index >= 15 is 0 Å². The number of halogens is 4. The van der Waals surface area contributed by atoms with Crippen LogP contribution in [0.5, 0.6) is 0 Å². The first-order chi connectivity index (χ1) is 13.1. The third-order valence-electron chi connectivity index (χ3n) is 3.17. The van der Waals surface area contributed by atoms with Crippen molar-refractivity contribution in [3.63, 3.8) is 0 Å². The fraction of sp³-hybridized carbons (Fsp3) is 0.0526. The fourth-order valence-electron chi connectivity index (χ4n) is 2.01. The van der Waals surface area contributed by atoms with Gasteiger partial charge >= 0.3 is 5.51 Å². The van der Waals surface area contributed by atoms with Crippen molar-refractivity contribution >= 4 is 57.0 Å². The van der Waals surface area contributed by atoms with E-state index in [2.05, 4.69) is 33.1 Å². The number of benzene rings is 2. The van der Waals surface area contributed by atoms with E-state index < -0.39 is 11.4 Å². The maximum absolute atomic E-state index is 12.3. The van der Waals surface area contributed by atoms with Crippen molar-refractivity contribution in [2.24, 2.45) is 0 Å². The van der Waals surface area contributed by atoms with Gasteiger partial charge in [-0.15, -0.1) is 0 Å². The van der Waals surface area contributed by atoms with Gasteiger partial charge in [-0.3, -0.25) is 9.59 Å². The molecule has 2 amide bonds. The summed E-state index contributed by atoms with van der Waals surface area (Å²) in [5.74, 6) is -0.828. The minimum absolute atomic E-state index is 0.0334. The van der Waals surface area contributed by atoms with E-state index in [1.54, 1.807) is 30.3 Å². The normalized spacial score (nSPS) is 11.3. The molecule has 0 saturated heterocycles. The SMILES string of the molecule is C=C(Br)C(=O)Nc1cccc(/C=C/C(=O)Nc2ccc(SC(F)(F)F)cc2)c1. The van der Waals surface area contributed by atoms with Crippen LogP contribution in [0.4, 0.5) is 24.5 Å². The van der Waals surface area contributed by atoms with E-state index in [1.807, 2.05) is 0 Å². The molecule has 0 aliphatic rings. The zero-order valence-corrected chi connectivity index (χ0v) is 16.6. The van der Waals surface area contributed by atoms with Gasteiger partial charge in [0, 0.05) is 22.3 Å². The summed E-state index contributed by atoms with van der Waals surface area (Å²) in [6.07, 6.45) is 2.82. The van der Waals surface area contributed by atoms with E-state index in [1.165, 1.54) is 30.3 Å². The van der Waals surface area contributed by atoms with Gasteiger partial charge in [0.1, 0.15) is 0 Å². The van der Waals surface area contributed by atoms with E-state index in [9.17, 15) is 22.8 Å². The Kier molecular flexibility index (Phi) is 7.47. The van der Waals surface area contributed by atoms with Gasteiger partial charge in [0.05, 0.1) is 4.48 Å². The fourth-order valence-corrected chi connectivity index (χ4v) is 2.65. The van der Waals surface area contributed by atoms with Crippen molar-refractivity contribution in [1.82, 2.24) is 0 Å². The van der Waals surface area contributed by atoms with Crippen LogP contribution in [0.2, 0.25) is 0 Å². The highest BCUT2D eigenvalue weighted by Crippen LogP contribution is 2.37. The third kappa shape index (κ3) is 7.61. The molecule has 9 heteroatoms. The molecule has 4 nitrogen and oxygen atoms in total. The Balaban J connectivity index is 1.96. The number of hydrogen-bond donors (Lipinski definition) is 2. The number of nitrogens with one attached hydrogen (secondary N) is 2. The molecule has 2 N–H and O–H groups in total. The molecule has 0 aromatic heterocycles. The largest absolute Gasteiger partial charge is 0.446 e. The Morgan fingerprint density at radius 3 is 2.32 bits per heavy atom. The molecule has 0 aliphatic carbocycles. The molecule has 0 aliphatic heterocycles. The van der Waals surface area contributed by atoms with Gasteiger partial charge in [0.25, 0.3) is 5.91 Å². The molecule has 2 aromatic rings. The molecule has 2 rings (SSSR count). The summed E-state index contributed by atoms with van der Waals surface area (Å²) in [6.45, 7) is 3.48. The minimum atomic E-state index is -4.36. The lowest BCUT2D eigenvalue weighted by Gasteiger charge is -2.07. The summed E-state index contributed by atoms with van der Waals surface area (Å²) in [7, 11) is 0. The summed E-state index contributed by atoms with van der Waals surface area (Å²) in [4.78, 5) is 23.6. The zero-order chi connectivity index (χ0) is 20.7. The molecule has 0 spiro atoms. The molecule has 0 bridgehead atoms. The van der Waals surface area contributed by atoms with Crippen LogP contribution in [0, 0.1) is 0 Å². The maximum atomic E-state index is 12.3. The molecule has 0 heterocycles. The zero-order valence-electron chi connectivity index (χ0n) is 14.2. The number of rotatable bonds is 6. The first-order valence-corrected chi connectivity index (χ1v) is 9.34. The Morgan fingerprint density at radius 2 is 1.71 bits per heavy atom. The number of carbonyl (C=O) groups excluding carboxylic acids is 2. The minimum Gasteiger partial charge on any atom is -0.323 e. The van der Waals surface area contributed by atoms with Gasteiger partial charge in [-0.25, -0.2) is 0 Å². The van der Waals surface area contributed by atoms with Crippen molar-refractivity contribution in [2.75, 3.05) is 10.6 Å². The van der Waals surface area contributed by atoms with Crippen molar-refractivity contribution in [3.05, 3.63) is 71.2 Å². The smallest absolute Gasteiger partial charge is 0.323 e. The van der Waals surface area contributed by atoms with Crippen molar-refractivity contribution in [1.29, 1.82) is 0 Å². The highest BCUT2D eigenvalue weighted by atomic mass is 79.9. The average Bonchev–Trinajstić information content (AvgIpc) is 2.61. The lowest BCUT2D eigenvalue weighted by atomic mass is 10.2. The van der Waals surface area contributed by atoms with Gasteiger partial charge in [0.15, 0.2) is 0 Å². The van der Waals surface area contributed by atoms with Crippen LogP contribution in [0.1, 0.15) is 5.56 Å². The van der Waals surface area contributed by atoms with Crippen LogP contribution < -0.4 is 10.6 Å². The number of anilines is 2. The van der Waals surface area contributed by atoms with Crippen molar-refractivity contribution in [2.45, 2.75) is 10.4 Å². The molecule has 0 unspecified atom stereocenters. The Bertz CT molecular complexity index is 912. The van der Waals surface area contributed by atoms with Gasteiger partial charge in [-0.1, -0.05) is 18.7 Å². The first kappa shape index (κ1) is 21.8. The number of hydrogen-bond acceptors (Lipinski definition) is 3. The second-order valence-corrected chi connectivity index (χ2v) is 7.47. The molecule has 0 fully saturated rings. The molecular formula is C19H14BrF3N2O2S. The average molecular weight is 471 g/mol. The second kappa shape index (κ2) is 9.61. The van der Waals surface area contributed by atoms with E-state index in [-0.39, 0.29) is 27.0 Å². The Labute approximate surface area is 172 Å². The van der Waals surface area contributed by atoms with Gasteiger partial charge in [-0.2, -0.15) is 13.2 Å². The predicted molar refractivity (Wildman–Crippen MR) is 109 cm³/mol. The van der Waals surface area contributed by atoms with E-state index in [0.29, 0.717) is 16.9 Å². The molecule has 28 heavy (non-hydrogen) atoms. The van der Waals surface area contributed by atoms with Gasteiger partial charge in [0.2, 0.25) is 5.91 Å². The summed E-state index contributed by atoms with van der Waals surface area (Å²) in [5.41, 5.74) is -2.78. The number of carbonyl (C=O) groups is 2. The van der Waals surface area contributed by atoms with Gasteiger partial charge in [-0.05, 0) is 75.7 Å². The Hall–Kier alpha value is -2.52. The van der Waals surface area contributed by atoms with Crippen LogP contribution in [0.15, 0.2) is 70.6 Å². The van der Waals surface area contributed by atoms with Crippen molar-refractivity contribution in [3.8, 4) is 0 Å². The summed E-state index contributed by atoms with van der Waals surface area (Å²) in [5, 5.41) is 5.19. The molecule has 0 saturated carbocycles. The lowest BCUT2D eigenvalue weighted by molar-refractivity contribution is -0.112. The monoisotopic (exact) mass is 470 g/mol. The van der Waals surface area contributed by atoms with Crippen LogP contribution in [0.3, 0.4) is 0 Å². The van der Waals surface area contributed by atoms with Crippen LogP contribution in [-0.4, -0.2) is 17.3 Å². The Morgan fingerprint density at radius 1 is 1.04 bits per heavy atom. The van der Waals surface area contributed by atoms with Crippen LogP contribution in [0.25, 0.3) is 6.08 Å². The van der Waals surface area contributed by atoms with Crippen LogP contribution >= 0.6 is 27.7 Å². The summed E-state index contributed by atoms with van der Waals surface area (Å²) < 4.78 is 37.1. The topological polar surface area (TPSA) is 58.2 Å². The molecular weight excluding hydrogens is 457 g/mol. The summed E-state index contributed by atoms with van der Waals surface area (Å²) in [6, 6.07) is 12.1. The molecule has 0 atom stereocenters. The standard InChI is InChI=1S/C19H14BrF3N2O2S/c1-12(20)18(27)25-15-4-2-3-13(11-15)5-10-17(26)24-14-6-8-16(9-7-14)28-19(21,22)23/h2-11H,1H2,(H,24,26)(H,25,27)/b10-5+. The molecule has 146 valence electrons. The van der Waals surface area contributed by atoms with Crippen molar-refractivity contribution < 1.29 is 22.8 Å². The van der Waals surface area contributed by atoms with Gasteiger partial charge < -0.3 is 10.6 Å². The van der Waals surface area contributed by atoms with E-state index in [4.69, 9.17) is 0 Å². The number of thioether (sulfide) groups is 1. The highest BCUT2D eigenvalue weighted by Gasteiger charge is 2.28. The predicted octanol–water partition coefficient (Wildman–Crippen LogP) is 5.80. The highest BCUT2D eigenvalue weighted by molar-refractivity contribution is 9.12. The van der Waals surface area contributed by atoms with E-state index in [0.717, 1.165) is 0 Å². The molecule has 0 radical (unpaired) electrons. The van der Waals surface area contributed by atoms with Crippen LogP contribution in [-0.2, 0) is 9.59 Å². The summed E-state index contributed by atoms with van der Waals surface area (Å²) >= 11 is 2.76. The second-order valence-electron chi connectivity index (χ2n) is 5.38. The number of amides is 2. The number of alkyl halides is 3. The third-order valence-corrected chi connectivity index (χ3v) is 4.27. The maximum Gasteiger partial charge on any atom is 0.446 e. The molecule has 2 aromatic carbocycles. The quantitative estimate of drug-likeness (QED) is 0.414.